The molecule has 3 rings (SSSR count). The van der Waals surface area contributed by atoms with Gasteiger partial charge >= 0.3 is 0 Å². The molecule has 22 heavy (non-hydrogen) atoms. The van der Waals surface area contributed by atoms with Gasteiger partial charge in [-0.2, -0.15) is 0 Å². The van der Waals surface area contributed by atoms with E-state index in [0.717, 1.165) is 36.3 Å². The number of aromatic nitrogens is 1. The van der Waals surface area contributed by atoms with Crippen molar-refractivity contribution in [3.05, 3.63) is 29.3 Å². The van der Waals surface area contributed by atoms with Crippen LogP contribution in [0.5, 0.6) is 0 Å². The van der Waals surface area contributed by atoms with Crippen LogP contribution in [0.2, 0.25) is 0 Å². The molecule has 0 unspecified atom stereocenters. The number of thiazole rings is 1. The summed E-state index contributed by atoms with van der Waals surface area (Å²) in [4.78, 5) is 19.5. The fourth-order valence-electron chi connectivity index (χ4n) is 3.11. The molecule has 2 aromatic rings. The molecule has 1 saturated heterocycles. The Hall–Kier alpha value is -1.46. The average molecular weight is 318 g/mol. The zero-order chi connectivity index (χ0) is 15.5. The molecular weight excluding hydrogens is 296 g/mol. The Balaban J connectivity index is 1.90. The normalized spacial score (nSPS) is 20.3. The van der Waals surface area contributed by atoms with Crippen molar-refractivity contribution in [1.82, 2.24) is 9.88 Å². The van der Waals surface area contributed by atoms with E-state index in [1.54, 1.807) is 18.4 Å². The standard InChI is InChI=1S/C17H22N2O2S/c1-3-14(21-2)17(20)19-11-7-6-9-13(19)16-18-12-8-4-5-10-15(12)22-16/h4-5,8,10,13-14H,3,6-7,9,11H2,1-2H3/t13-,14+/m1/s1. The Labute approximate surface area is 135 Å². The second-order valence-corrected chi connectivity index (χ2v) is 6.76. The highest BCUT2D eigenvalue weighted by Crippen LogP contribution is 2.36. The van der Waals surface area contributed by atoms with Gasteiger partial charge in [-0.05, 0) is 37.8 Å². The van der Waals surface area contributed by atoms with Gasteiger partial charge in [0, 0.05) is 13.7 Å². The first-order valence-corrected chi connectivity index (χ1v) is 8.75. The lowest BCUT2D eigenvalue weighted by Gasteiger charge is -2.36. The largest absolute Gasteiger partial charge is 0.372 e. The number of carbonyl (C=O) groups is 1. The van der Waals surface area contributed by atoms with Gasteiger partial charge in [-0.3, -0.25) is 4.79 Å². The van der Waals surface area contributed by atoms with E-state index in [1.165, 1.54) is 4.70 Å². The highest BCUT2D eigenvalue weighted by molar-refractivity contribution is 7.18. The zero-order valence-corrected chi connectivity index (χ0v) is 13.9. The highest BCUT2D eigenvalue weighted by Gasteiger charge is 2.33. The molecule has 118 valence electrons. The lowest BCUT2D eigenvalue weighted by molar-refractivity contribution is -0.146. The number of hydrogen-bond acceptors (Lipinski definition) is 4. The third-order valence-electron chi connectivity index (χ3n) is 4.31. The van der Waals surface area contributed by atoms with E-state index in [2.05, 4.69) is 6.07 Å². The number of ether oxygens (including phenoxy) is 1. The van der Waals surface area contributed by atoms with E-state index < -0.39 is 0 Å². The minimum atomic E-state index is -0.338. The third kappa shape index (κ3) is 2.88. The monoisotopic (exact) mass is 318 g/mol. The number of likely N-dealkylation sites (tertiary alicyclic amines) is 1. The summed E-state index contributed by atoms with van der Waals surface area (Å²) in [6, 6.07) is 8.27. The van der Waals surface area contributed by atoms with E-state index in [9.17, 15) is 4.79 Å². The first kappa shape index (κ1) is 15.4. The summed E-state index contributed by atoms with van der Waals surface area (Å²) >= 11 is 1.71. The van der Waals surface area contributed by atoms with Crippen LogP contribution in [0, 0.1) is 0 Å². The number of amides is 1. The molecule has 0 aliphatic carbocycles. The van der Waals surface area contributed by atoms with Gasteiger partial charge in [0.1, 0.15) is 11.1 Å². The van der Waals surface area contributed by atoms with Crippen LogP contribution in [0.3, 0.4) is 0 Å². The van der Waals surface area contributed by atoms with Crippen LogP contribution in [-0.2, 0) is 9.53 Å². The summed E-state index contributed by atoms with van der Waals surface area (Å²) < 4.78 is 6.54. The van der Waals surface area contributed by atoms with E-state index >= 15 is 0 Å². The van der Waals surface area contributed by atoms with Crippen molar-refractivity contribution in [3.8, 4) is 0 Å². The Bertz CT molecular complexity index is 618. The van der Waals surface area contributed by atoms with Crippen molar-refractivity contribution >= 4 is 27.5 Å². The number of hydrogen-bond donors (Lipinski definition) is 0. The van der Waals surface area contributed by atoms with Crippen LogP contribution in [0.1, 0.15) is 43.7 Å². The topological polar surface area (TPSA) is 42.4 Å². The Kier molecular flexibility index (Phi) is 4.74. The molecule has 4 nitrogen and oxygen atoms in total. The highest BCUT2D eigenvalue weighted by atomic mass is 32.1. The number of piperidine rings is 1. The van der Waals surface area contributed by atoms with E-state index in [-0.39, 0.29) is 18.1 Å². The second-order valence-electron chi connectivity index (χ2n) is 5.70. The lowest BCUT2D eigenvalue weighted by atomic mass is 10.0. The number of benzene rings is 1. The molecule has 1 aliphatic rings. The van der Waals surface area contributed by atoms with Gasteiger partial charge in [-0.15, -0.1) is 11.3 Å². The van der Waals surface area contributed by atoms with Crippen molar-refractivity contribution in [2.75, 3.05) is 13.7 Å². The first-order chi connectivity index (χ1) is 10.7. The van der Waals surface area contributed by atoms with Crippen molar-refractivity contribution < 1.29 is 9.53 Å². The van der Waals surface area contributed by atoms with Crippen LogP contribution in [0.25, 0.3) is 10.2 Å². The quantitative estimate of drug-likeness (QED) is 0.861. The predicted molar refractivity (Wildman–Crippen MR) is 89.0 cm³/mol. The van der Waals surface area contributed by atoms with Crippen LogP contribution in [0.4, 0.5) is 0 Å². The van der Waals surface area contributed by atoms with Crippen LogP contribution >= 0.6 is 11.3 Å². The molecule has 0 radical (unpaired) electrons. The smallest absolute Gasteiger partial charge is 0.252 e. The van der Waals surface area contributed by atoms with Crippen molar-refractivity contribution in [1.29, 1.82) is 0 Å². The van der Waals surface area contributed by atoms with E-state index in [0.29, 0.717) is 6.42 Å². The number of methoxy groups -OCH3 is 1. The van der Waals surface area contributed by atoms with Gasteiger partial charge in [0.05, 0.1) is 16.3 Å². The van der Waals surface area contributed by atoms with Gasteiger partial charge in [0.15, 0.2) is 0 Å². The maximum Gasteiger partial charge on any atom is 0.252 e. The maximum atomic E-state index is 12.7. The second kappa shape index (κ2) is 6.75. The lowest BCUT2D eigenvalue weighted by Crippen LogP contribution is -2.44. The first-order valence-electron chi connectivity index (χ1n) is 7.93. The van der Waals surface area contributed by atoms with Crippen LogP contribution in [-0.4, -0.2) is 35.5 Å². The molecule has 2 atom stereocenters. The summed E-state index contributed by atoms with van der Waals surface area (Å²) in [5.74, 6) is 0.106. The molecule has 0 N–H and O–H groups in total. The summed E-state index contributed by atoms with van der Waals surface area (Å²) in [5, 5.41) is 1.06. The molecule has 1 aliphatic heterocycles. The minimum Gasteiger partial charge on any atom is -0.372 e. The van der Waals surface area contributed by atoms with E-state index in [1.807, 2.05) is 30.0 Å². The molecule has 1 fully saturated rings. The molecule has 0 spiro atoms. The molecule has 1 aromatic heterocycles. The Morgan fingerprint density at radius 2 is 2.27 bits per heavy atom. The third-order valence-corrected chi connectivity index (χ3v) is 5.45. The van der Waals surface area contributed by atoms with Gasteiger partial charge < -0.3 is 9.64 Å². The number of nitrogens with zero attached hydrogens (tertiary/aromatic N) is 2. The van der Waals surface area contributed by atoms with Gasteiger partial charge in [0.2, 0.25) is 0 Å². The number of para-hydroxylation sites is 1. The molecule has 0 bridgehead atoms. The van der Waals surface area contributed by atoms with Crippen LogP contribution in [0.15, 0.2) is 24.3 Å². The van der Waals surface area contributed by atoms with Crippen molar-refractivity contribution in [2.45, 2.75) is 44.8 Å². The summed E-state index contributed by atoms with van der Waals surface area (Å²) in [6.07, 6.45) is 3.57. The average Bonchev–Trinajstić information content (AvgIpc) is 2.99. The minimum absolute atomic E-state index is 0.0999. The summed E-state index contributed by atoms with van der Waals surface area (Å²) in [7, 11) is 1.61. The van der Waals surface area contributed by atoms with Crippen molar-refractivity contribution in [3.63, 3.8) is 0 Å². The number of carbonyl (C=O) groups excluding carboxylic acids is 1. The number of rotatable bonds is 4. The zero-order valence-electron chi connectivity index (χ0n) is 13.1. The van der Waals surface area contributed by atoms with Gasteiger partial charge in [-0.25, -0.2) is 4.98 Å². The number of fused-ring (bicyclic) bond motifs is 1. The summed E-state index contributed by atoms with van der Waals surface area (Å²) in [6.45, 7) is 2.79. The molecular formula is C17H22N2O2S. The molecule has 5 heteroatoms. The Morgan fingerprint density at radius 3 is 3.00 bits per heavy atom. The summed E-state index contributed by atoms with van der Waals surface area (Å²) in [5.41, 5.74) is 1.03. The predicted octanol–water partition coefficient (Wildman–Crippen LogP) is 3.77. The van der Waals surface area contributed by atoms with E-state index in [4.69, 9.17) is 9.72 Å². The van der Waals surface area contributed by atoms with Crippen molar-refractivity contribution in [2.24, 2.45) is 0 Å². The molecule has 2 heterocycles. The van der Waals surface area contributed by atoms with Crippen LogP contribution < -0.4 is 0 Å². The molecule has 1 aromatic carbocycles. The molecule has 1 amide bonds. The maximum absolute atomic E-state index is 12.7. The molecule has 0 saturated carbocycles. The van der Waals surface area contributed by atoms with Gasteiger partial charge in [0.25, 0.3) is 5.91 Å². The fourth-order valence-corrected chi connectivity index (χ4v) is 4.23. The Morgan fingerprint density at radius 1 is 1.45 bits per heavy atom. The fraction of sp³-hybridized carbons (Fsp3) is 0.529. The van der Waals surface area contributed by atoms with Gasteiger partial charge in [-0.1, -0.05) is 19.1 Å². The SMILES string of the molecule is CC[C@H](OC)C(=O)N1CCCC[C@@H]1c1nc2ccccc2s1.